The lowest BCUT2D eigenvalue weighted by molar-refractivity contribution is 0.116. The zero-order valence-electron chi connectivity index (χ0n) is 12.4. The highest BCUT2D eigenvalue weighted by molar-refractivity contribution is 5.57. The van der Waals surface area contributed by atoms with Crippen molar-refractivity contribution in [2.45, 2.75) is 37.8 Å². The van der Waals surface area contributed by atoms with Crippen molar-refractivity contribution in [3.05, 3.63) is 48.4 Å². The van der Waals surface area contributed by atoms with Crippen LogP contribution in [0.5, 0.6) is 0 Å². The molecule has 3 unspecified atom stereocenters. The topological polar surface area (TPSA) is 29.0 Å². The molecule has 2 fully saturated rings. The molecule has 108 valence electrons. The van der Waals surface area contributed by atoms with E-state index in [1.807, 2.05) is 30.6 Å². The quantitative estimate of drug-likeness (QED) is 0.839. The van der Waals surface area contributed by atoms with Crippen LogP contribution in [-0.4, -0.2) is 28.0 Å². The lowest BCUT2D eigenvalue weighted by Crippen LogP contribution is -2.37. The van der Waals surface area contributed by atoms with Gasteiger partial charge in [0.15, 0.2) is 0 Å². The lowest BCUT2D eigenvalue weighted by Gasteiger charge is -2.37. The zero-order valence-corrected chi connectivity index (χ0v) is 12.4. The van der Waals surface area contributed by atoms with Crippen LogP contribution in [0, 0.1) is 5.92 Å². The zero-order chi connectivity index (χ0) is 14.2. The van der Waals surface area contributed by atoms with Crippen LogP contribution in [0.25, 0.3) is 11.3 Å². The van der Waals surface area contributed by atoms with E-state index in [2.05, 4.69) is 29.1 Å². The molecule has 1 aromatic carbocycles. The second kappa shape index (κ2) is 5.23. The summed E-state index contributed by atoms with van der Waals surface area (Å²) < 4.78 is 0. The van der Waals surface area contributed by atoms with Gasteiger partial charge >= 0.3 is 0 Å². The summed E-state index contributed by atoms with van der Waals surface area (Å²) in [6.45, 7) is 0. The summed E-state index contributed by atoms with van der Waals surface area (Å²) in [5.74, 6) is 0.895. The summed E-state index contributed by atoms with van der Waals surface area (Å²) in [7, 11) is 2.25. The minimum absolute atomic E-state index is 0.452. The van der Waals surface area contributed by atoms with E-state index in [0.717, 1.165) is 28.9 Å². The smallest absolute Gasteiger partial charge is 0.0885 e. The summed E-state index contributed by atoms with van der Waals surface area (Å²) in [4.78, 5) is 11.9. The van der Waals surface area contributed by atoms with E-state index in [9.17, 15) is 0 Å². The standard InChI is InChI=1S/C18H21N3/c1-21-15-8-7-13(9-15)10-18(21)17-12-19-16(11-20-17)14-5-3-2-4-6-14/h2-6,11-13,15,18H,7-10H2,1H3. The largest absolute Gasteiger partial charge is 0.295 e. The lowest BCUT2D eigenvalue weighted by atomic mass is 9.91. The molecule has 3 nitrogen and oxygen atoms in total. The molecule has 3 heteroatoms. The highest BCUT2D eigenvalue weighted by atomic mass is 15.2. The molecule has 1 aliphatic carbocycles. The molecule has 0 amide bonds. The molecule has 2 bridgehead atoms. The third-order valence-electron chi connectivity index (χ3n) is 5.22. The summed E-state index contributed by atoms with van der Waals surface area (Å²) in [5.41, 5.74) is 3.23. The number of likely N-dealkylation sites (tertiary alicyclic amines) is 1. The van der Waals surface area contributed by atoms with Crippen molar-refractivity contribution in [2.75, 3.05) is 7.05 Å². The third kappa shape index (κ3) is 2.36. The third-order valence-corrected chi connectivity index (χ3v) is 5.22. The fourth-order valence-corrected chi connectivity index (χ4v) is 3.97. The highest BCUT2D eigenvalue weighted by Gasteiger charge is 2.39. The minimum Gasteiger partial charge on any atom is -0.295 e. The summed E-state index contributed by atoms with van der Waals surface area (Å²) in [6, 6.07) is 11.5. The Morgan fingerprint density at radius 1 is 1.00 bits per heavy atom. The van der Waals surface area contributed by atoms with E-state index in [-0.39, 0.29) is 0 Å². The molecule has 21 heavy (non-hydrogen) atoms. The van der Waals surface area contributed by atoms with E-state index in [0.29, 0.717) is 6.04 Å². The van der Waals surface area contributed by atoms with Crippen LogP contribution in [-0.2, 0) is 0 Å². The van der Waals surface area contributed by atoms with E-state index in [1.165, 1.54) is 25.7 Å². The molecule has 3 atom stereocenters. The van der Waals surface area contributed by atoms with E-state index in [1.54, 1.807) is 0 Å². The van der Waals surface area contributed by atoms with Crippen molar-refractivity contribution >= 4 is 0 Å². The molecular formula is C18H21N3. The maximum Gasteiger partial charge on any atom is 0.0885 e. The van der Waals surface area contributed by atoms with E-state index in [4.69, 9.17) is 4.98 Å². The fraction of sp³-hybridized carbons (Fsp3) is 0.444. The number of aromatic nitrogens is 2. The van der Waals surface area contributed by atoms with Gasteiger partial charge in [-0.05, 0) is 38.6 Å². The summed E-state index contributed by atoms with van der Waals surface area (Å²) in [5, 5.41) is 0. The first-order valence-electron chi connectivity index (χ1n) is 7.90. The number of nitrogens with zero attached hydrogens (tertiary/aromatic N) is 3. The summed E-state index contributed by atoms with van der Waals surface area (Å²) in [6.07, 6.45) is 9.27. The highest BCUT2D eigenvalue weighted by Crippen LogP contribution is 2.44. The monoisotopic (exact) mass is 279 g/mol. The molecular weight excluding hydrogens is 258 g/mol. The number of hydrogen-bond acceptors (Lipinski definition) is 3. The molecule has 2 aliphatic rings. The molecule has 0 radical (unpaired) electrons. The van der Waals surface area contributed by atoms with Gasteiger partial charge in [-0.1, -0.05) is 30.3 Å². The predicted molar refractivity (Wildman–Crippen MR) is 83.7 cm³/mol. The van der Waals surface area contributed by atoms with Gasteiger partial charge in [0.05, 0.1) is 29.8 Å². The molecule has 2 heterocycles. The normalized spacial score (nSPS) is 28.7. The average Bonchev–Trinajstić information content (AvgIpc) is 2.96. The first kappa shape index (κ1) is 13.0. The second-order valence-electron chi connectivity index (χ2n) is 6.44. The Morgan fingerprint density at radius 2 is 1.86 bits per heavy atom. The van der Waals surface area contributed by atoms with Crippen molar-refractivity contribution in [1.29, 1.82) is 0 Å². The molecule has 2 aromatic rings. The Kier molecular flexibility index (Phi) is 3.23. The van der Waals surface area contributed by atoms with Gasteiger partial charge in [-0.2, -0.15) is 0 Å². The number of hydrogen-bond donors (Lipinski definition) is 0. The van der Waals surface area contributed by atoms with Crippen molar-refractivity contribution in [3.8, 4) is 11.3 Å². The molecule has 1 saturated carbocycles. The minimum atomic E-state index is 0.452. The van der Waals surface area contributed by atoms with Crippen LogP contribution in [0.15, 0.2) is 42.7 Å². The Morgan fingerprint density at radius 3 is 2.62 bits per heavy atom. The van der Waals surface area contributed by atoms with E-state index < -0.39 is 0 Å². The SMILES string of the molecule is CN1C2CCC(C2)CC1c1cnc(-c2ccccc2)cn1. The van der Waals surface area contributed by atoms with Crippen LogP contribution in [0.3, 0.4) is 0 Å². The van der Waals surface area contributed by atoms with Gasteiger partial charge < -0.3 is 0 Å². The molecule has 4 rings (SSSR count). The molecule has 1 saturated heterocycles. The Labute approximate surface area is 126 Å². The Hall–Kier alpha value is -1.74. The maximum atomic E-state index is 4.72. The number of benzene rings is 1. The Balaban J connectivity index is 1.59. The van der Waals surface area contributed by atoms with Gasteiger partial charge in [0.2, 0.25) is 0 Å². The first-order chi connectivity index (χ1) is 10.3. The fourth-order valence-electron chi connectivity index (χ4n) is 3.97. The van der Waals surface area contributed by atoms with Gasteiger partial charge in [0.25, 0.3) is 0 Å². The van der Waals surface area contributed by atoms with Crippen LogP contribution in [0.4, 0.5) is 0 Å². The molecule has 0 N–H and O–H groups in total. The predicted octanol–water partition coefficient (Wildman–Crippen LogP) is 3.69. The van der Waals surface area contributed by atoms with Gasteiger partial charge in [0, 0.05) is 11.6 Å². The molecule has 0 spiro atoms. The van der Waals surface area contributed by atoms with Crippen LogP contribution in [0.2, 0.25) is 0 Å². The average molecular weight is 279 g/mol. The van der Waals surface area contributed by atoms with Crippen molar-refractivity contribution in [2.24, 2.45) is 5.92 Å². The van der Waals surface area contributed by atoms with Crippen LogP contribution < -0.4 is 0 Å². The van der Waals surface area contributed by atoms with Crippen LogP contribution >= 0.6 is 0 Å². The van der Waals surface area contributed by atoms with Crippen molar-refractivity contribution < 1.29 is 0 Å². The van der Waals surface area contributed by atoms with Crippen molar-refractivity contribution in [3.63, 3.8) is 0 Å². The summed E-state index contributed by atoms with van der Waals surface area (Å²) >= 11 is 0. The number of piperidine rings is 1. The molecule has 1 aliphatic heterocycles. The Bertz CT molecular complexity index is 608. The van der Waals surface area contributed by atoms with Crippen LogP contribution in [0.1, 0.15) is 37.4 Å². The number of fused-ring (bicyclic) bond motifs is 2. The second-order valence-corrected chi connectivity index (χ2v) is 6.44. The van der Waals surface area contributed by atoms with E-state index >= 15 is 0 Å². The van der Waals surface area contributed by atoms with Gasteiger partial charge in [-0.15, -0.1) is 0 Å². The first-order valence-corrected chi connectivity index (χ1v) is 7.90. The van der Waals surface area contributed by atoms with Crippen molar-refractivity contribution in [1.82, 2.24) is 14.9 Å². The number of rotatable bonds is 2. The maximum absolute atomic E-state index is 4.72. The van der Waals surface area contributed by atoms with Gasteiger partial charge in [-0.3, -0.25) is 14.9 Å². The molecule has 1 aromatic heterocycles. The van der Waals surface area contributed by atoms with Gasteiger partial charge in [-0.25, -0.2) is 0 Å². The van der Waals surface area contributed by atoms with Gasteiger partial charge in [0.1, 0.15) is 0 Å².